The van der Waals surface area contributed by atoms with Crippen LogP contribution in [0.25, 0.3) is 33.6 Å². The Labute approximate surface area is 211 Å². The Bertz CT molecular complexity index is 1430. The number of nitrogens with zero attached hydrogens (tertiary/aromatic N) is 7. The van der Waals surface area contributed by atoms with E-state index < -0.39 is 13.0 Å². The number of fused-ring (bicyclic) bond motifs is 2. The van der Waals surface area contributed by atoms with Gasteiger partial charge in [0.05, 0.1) is 18.4 Å². The van der Waals surface area contributed by atoms with E-state index in [-0.39, 0.29) is 12.0 Å². The van der Waals surface area contributed by atoms with E-state index in [1.54, 1.807) is 25.5 Å². The molecule has 12 heteroatoms. The van der Waals surface area contributed by atoms with Crippen molar-refractivity contribution in [2.24, 2.45) is 5.92 Å². The third-order valence-electron chi connectivity index (χ3n) is 7.51. The van der Waals surface area contributed by atoms with Crippen LogP contribution in [0.15, 0.2) is 18.6 Å². The van der Waals surface area contributed by atoms with Gasteiger partial charge in [-0.15, -0.1) is 0 Å². The monoisotopic (exact) mass is 509 g/mol. The van der Waals surface area contributed by atoms with Gasteiger partial charge in [-0.3, -0.25) is 4.79 Å². The van der Waals surface area contributed by atoms with E-state index >= 15 is 0 Å². The van der Waals surface area contributed by atoms with E-state index in [2.05, 4.69) is 35.2 Å². The number of likely N-dealkylation sites (tertiary alicyclic amines) is 1. The van der Waals surface area contributed by atoms with Gasteiger partial charge in [0, 0.05) is 48.4 Å². The quantitative estimate of drug-likeness (QED) is 0.404. The average Bonchev–Trinajstić information content (AvgIpc) is 3.63. The molecule has 2 fully saturated rings. The summed E-state index contributed by atoms with van der Waals surface area (Å²) in [7, 11) is 0. The van der Waals surface area contributed by atoms with Crippen LogP contribution in [0.3, 0.4) is 0 Å². The molecule has 2 aliphatic rings. The third kappa shape index (κ3) is 4.60. The molecule has 10 nitrogen and oxygen atoms in total. The van der Waals surface area contributed by atoms with Crippen molar-refractivity contribution in [3.8, 4) is 11.3 Å². The summed E-state index contributed by atoms with van der Waals surface area (Å²) in [4.78, 5) is 40.2. The second-order valence-corrected chi connectivity index (χ2v) is 9.95. The van der Waals surface area contributed by atoms with Gasteiger partial charge in [0.25, 0.3) is 6.43 Å². The number of imidazole rings is 1. The van der Waals surface area contributed by atoms with Gasteiger partial charge < -0.3 is 19.8 Å². The van der Waals surface area contributed by atoms with Crippen molar-refractivity contribution in [2.45, 2.75) is 64.5 Å². The van der Waals surface area contributed by atoms with E-state index in [0.717, 1.165) is 62.6 Å². The number of aromatic amines is 1. The highest BCUT2D eigenvalue weighted by atomic mass is 19.3. The molecule has 4 aromatic rings. The van der Waals surface area contributed by atoms with E-state index in [1.165, 1.54) is 4.57 Å². The lowest BCUT2D eigenvalue weighted by Gasteiger charge is -2.30. The van der Waals surface area contributed by atoms with Crippen LogP contribution in [0.1, 0.15) is 44.3 Å². The van der Waals surface area contributed by atoms with Crippen LogP contribution in [-0.2, 0) is 11.3 Å². The predicted octanol–water partition coefficient (Wildman–Crippen LogP) is 3.93. The summed E-state index contributed by atoms with van der Waals surface area (Å²) in [6, 6.07) is 0.223. The van der Waals surface area contributed by atoms with Crippen LogP contribution < -0.4 is 5.32 Å². The molecule has 0 atom stereocenters. The van der Waals surface area contributed by atoms with Gasteiger partial charge in [0.1, 0.15) is 11.5 Å². The minimum Gasteiger partial charge on any atom is -0.351 e. The van der Waals surface area contributed by atoms with Crippen LogP contribution in [0, 0.1) is 12.8 Å². The molecule has 0 bridgehead atoms. The predicted molar refractivity (Wildman–Crippen MR) is 134 cm³/mol. The number of hydrogen-bond acceptors (Lipinski definition) is 7. The smallest absolute Gasteiger partial charge is 0.256 e. The minimum atomic E-state index is -2.52. The van der Waals surface area contributed by atoms with Crippen molar-refractivity contribution >= 4 is 34.2 Å². The zero-order valence-corrected chi connectivity index (χ0v) is 20.6. The minimum absolute atomic E-state index is 0.129. The van der Waals surface area contributed by atoms with Crippen LogP contribution in [0.2, 0.25) is 0 Å². The highest BCUT2D eigenvalue weighted by Gasteiger charge is 2.30. The maximum absolute atomic E-state index is 13.1. The summed E-state index contributed by atoms with van der Waals surface area (Å²) in [6.07, 6.45) is 8.37. The molecule has 0 aromatic carbocycles. The molecule has 5 heterocycles. The van der Waals surface area contributed by atoms with Gasteiger partial charge in [-0.05, 0) is 45.4 Å². The lowest BCUT2D eigenvalue weighted by molar-refractivity contribution is -0.135. The Morgan fingerprint density at radius 3 is 2.65 bits per heavy atom. The number of hydrogen-bond donors (Lipinski definition) is 2. The van der Waals surface area contributed by atoms with Crippen molar-refractivity contribution in [3.63, 3.8) is 0 Å². The standard InChI is InChI=1S/C25H29F2N9O/c1-14-31-22-23(36(14)13-20(26)27)33-19(12-29-22)17-10-28-21-18(17)11-30-25(34-21)32-16-6-4-15(5-7-16)24(37)35-8-2-3-9-35/h10-12,15-16,20H,2-9,13H2,1H3,(H2,28,30,32,34)/t15-,16+. The van der Waals surface area contributed by atoms with Crippen molar-refractivity contribution in [1.82, 2.24) is 39.4 Å². The highest BCUT2D eigenvalue weighted by Crippen LogP contribution is 2.30. The molecule has 0 radical (unpaired) electrons. The number of aromatic nitrogens is 7. The zero-order chi connectivity index (χ0) is 25.5. The van der Waals surface area contributed by atoms with Crippen LogP contribution >= 0.6 is 0 Å². The molecule has 37 heavy (non-hydrogen) atoms. The third-order valence-corrected chi connectivity index (χ3v) is 7.51. The number of anilines is 1. The summed E-state index contributed by atoms with van der Waals surface area (Å²) in [5.74, 6) is 1.42. The first-order chi connectivity index (χ1) is 18.0. The first kappa shape index (κ1) is 23.7. The number of amides is 1. The molecule has 6 rings (SSSR count). The number of alkyl halides is 2. The van der Waals surface area contributed by atoms with Gasteiger partial charge in [0.15, 0.2) is 11.3 Å². The van der Waals surface area contributed by atoms with Crippen LogP contribution in [0.5, 0.6) is 0 Å². The van der Waals surface area contributed by atoms with E-state index in [4.69, 9.17) is 0 Å². The molecule has 1 saturated carbocycles. The topological polar surface area (TPSA) is 118 Å². The Balaban J connectivity index is 1.17. The maximum Gasteiger partial charge on any atom is 0.256 e. The van der Waals surface area contributed by atoms with Gasteiger partial charge in [-0.25, -0.2) is 28.7 Å². The first-order valence-corrected chi connectivity index (χ1v) is 12.8. The van der Waals surface area contributed by atoms with Gasteiger partial charge >= 0.3 is 0 Å². The normalized spacial score (nSPS) is 20.4. The molecule has 1 saturated heterocycles. The van der Waals surface area contributed by atoms with Crippen molar-refractivity contribution in [1.29, 1.82) is 0 Å². The van der Waals surface area contributed by atoms with E-state index in [1.807, 2.05) is 4.90 Å². The molecule has 1 aliphatic heterocycles. The Kier molecular flexibility index (Phi) is 6.17. The largest absolute Gasteiger partial charge is 0.351 e. The zero-order valence-electron chi connectivity index (χ0n) is 20.6. The first-order valence-electron chi connectivity index (χ1n) is 12.8. The van der Waals surface area contributed by atoms with Crippen LogP contribution in [0.4, 0.5) is 14.7 Å². The molecule has 2 N–H and O–H groups in total. The number of halogens is 2. The number of carbonyl (C=O) groups excluding carboxylic acids is 1. The number of nitrogens with one attached hydrogen (secondary N) is 2. The molecule has 0 unspecified atom stereocenters. The van der Waals surface area contributed by atoms with Crippen molar-refractivity contribution < 1.29 is 13.6 Å². The van der Waals surface area contributed by atoms with Crippen molar-refractivity contribution in [2.75, 3.05) is 18.4 Å². The van der Waals surface area contributed by atoms with Crippen LogP contribution in [-0.4, -0.2) is 70.8 Å². The lowest BCUT2D eigenvalue weighted by Crippen LogP contribution is -2.37. The number of aryl methyl sites for hydroxylation is 1. The maximum atomic E-state index is 13.1. The van der Waals surface area contributed by atoms with Crippen molar-refractivity contribution in [3.05, 3.63) is 24.4 Å². The molecule has 194 valence electrons. The average molecular weight is 510 g/mol. The van der Waals surface area contributed by atoms with E-state index in [0.29, 0.717) is 40.3 Å². The second-order valence-electron chi connectivity index (χ2n) is 9.95. The number of rotatable bonds is 6. The second kappa shape index (κ2) is 9.64. The molecular weight excluding hydrogens is 480 g/mol. The van der Waals surface area contributed by atoms with Gasteiger partial charge in [0.2, 0.25) is 11.9 Å². The SMILES string of the molecule is Cc1nc2ncc(-c3c[nH]c4nc(N[C@H]5CC[C@@H](C(=O)N6CCCC6)CC5)ncc34)nc2n1CC(F)F. The summed E-state index contributed by atoms with van der Waals surface area (Å²) in [6.45, 7) is 2.99. The fraction of sp³-hybridized carbons (Fsp3) is 0.520. The summed E-state index contributed by atoms with van der Waals surface area (Å²) in [5, 5.41) is 4.19. The molecule has 0 spiro atoms. The summed E-state index contributed by atoms with van der Waals surface area (Å²) in [5.41, 5.74) is 2.56. The molecule has 4 aromatic heterocycles. The summed E-state index contributed by atoms with van der Waals surface area (Å²) >= 11 is 0. The van der Waals surface area contributed by atoms with E-state index in [9.17, 15) is 13.6 Å². The fourth-order valence-corrected chi connectivity index (χ4v) is 5.54. The van der Waals surface area contributed by atoms with Gasteiger partial charge in [-0.1, -0.05) is 0 Å². The molecular formula is C25H29F2N9O. The Morgan fingerprint density at radius 1 is 1.11 bits per heavy atom. The number of carbonyl (C=O) groups is 1. The lowest BCUT2D eigenvalue weighted by atomic mass is 9.85. The van der Waals surface area contributed by atoms with Gasteiger partial charge in [-0.2, -0.15) is 4.98 Å². The Morgan fingerprint density at radius 2 is 1.89 bits per heavy atom. The highest BCUT2D eigenvalue weighted by molar-refractivity contribution is 5.93. The summed E-state index contributed by atoms with van der Waals surface area (Å²) < 4.78 is 27.5. The fourth-order valence-electron chi connectivity index (χ4n) is 5.54. The molecule has 1 aliphatic carbocycles. The Hall–Kier alpha value is -3.70. The molecule has 1 amide bonds. The number of H-pyrrole nitrogens is 1.